The summed E-state index contributed by atoms with van der Waals surface area (Å²) in [7, 11) is 1.52. The second kappa shape index (κ2) is 4.37. The fourth-order valence-electron chi connectivity index (χ4n) is 2.13. The minimum absolute atomic E-state index is 0.176. The molecule has 3 rings (SSSR count). The Hall–Kier alpha value is -2.83. The van der Waals surface area contributed by atoms with Crippen LogP contribution in [0.25, 0.3) is 16.7 Å². The molecular weight excluding hydrogens is 260 g/mol. The van der Waals surface area contributed by atoms with E-state index in [4.69, 9.17) is 4.74 Å². The van der Waals surface area contributed by atoms with Gasteiger partial charge in [0.2, 0.25) is 0 Å². The summed E-state index contributed by atoms with van der Waals surface area (Å²) in [6.45, 7) is 1.84. The van der Waals surface area contributed by atoms with Crippen LogP contribution in [0.15, 0.2) is 33.9 Å². The Balaban J connectivity index is 2.40. The maximum absolute atomic E-state index is 12.2. The summed E-state index contributed by atoms with van der Waals surface area (Å²) < 4.78 is 6.45. The number of rotatable bonds is 2. The molecule has 3 aromatic rings. The Morgan fingerprint density at radius 2 is 2.05 bits per heavy atom. The van der Waals surface area contributed by atoms with E-state index in [1.54, 1.807) is 6.07 Å². The molecule has 0 saturated heterocycles. The number of H-pyrrole nitrogens is 2. The summed E-state index contributed by atoms with van der Waals surface area (Å²) in [4.78, 5) is 23.8. The zero-order valence-electron chi connectivity index (χ0n) is 10.9. The standard InChI is InChI=1S/C13H12N4O3/c1-7-4-3-5-9(20-2)12(7)17-10(18)6-8-11(16-17)13(19)15-14-8/h3-6,14H,1-2H3,(H,15,19). The Kier molecular flexibility index (Phi) is 2.67. The summed E-state index contributed by atoms with van der Waals surface area (Å²) in [5.74, 6) is 0.519. The van der Waals surface area contributed by atoms with Crippen LogP contribution in [0.1, 0.15) is 5.56 Å². The minimum Gasteiger partial charge on any atom is -0.494 e. The van der Waals surface area contributed by atoms with Crippen molar-refractivity contribution in [3.8, 4) is 11.4 Å². The number of methoxy groups -OCH3 is 1. The second-order valence-corrected chi connectivity index (χ2v) is 4.36. The molecule has 0 unspecified atom stereocenters. The average Bonchev–Trinajstić information content (AvgIpc) is 2.79. The molecule has 0 fully saturated rings. The van der Waals surface area contributed by atoms with Gasteiger partial charge in [0.15, 0.2) is 5.52 Å². The maximum atomic E-state index is 12.2. The van der Waals surface area contributed by atoms with Crippen molar-refractivity contribution in [1.82, 2.24) is 20.0 Å². The Bertz CT molecular complexity index is 904. The van der Waals surface area contributed by atoms with E-state index in [0.29, 0.717) is 17.0 Å². The van der Waals surface area contributed by atoms with Crippen LogP contribution in [-0.2, 0) is 0 Å². The highest BCUT2D eigenvalue weighted by molar-refractivity contribution is 5.72. The van der Waals surface area contributed by atoms with E-state index in [1.807, 2.05) is 19.1 Å². The third-order valence-electron chi connectivity index (χ3n) is 3.09. The van der Waals surface area contributed by atoms with Crippen molar-refractivity contribution in [2.75, 3.05) is 7.11 Å². The number of hydrogen-bond acceptors (Lipinski definition) is 4. The largest absolute Gasteiger partial charge is 0.494 e. The molecule has 0 aliphatic rings. The predicted molar refractivity (Wildman–Crippen MR) is 73.6 cm³/mol. The van der Waals surface area contributed by atoms with E-state index >= 15 is 0 Å². The van der Waals surface area contributed by atoms with Gasteiger partial charge in [-0.25, -0.2) is 0 Å². The molecule has 20 heavy (non-hydrogen) atoms. The third kappa shape index (κ3) is 1.71. The molecule has 0 aliphatic carbocycles. The SMILES string of the molecule is COc1cccc(C)c1-n1nc2c(=O)[nH][nH]c2cc1=O. The molecule has 0 bridgehead atoms. The van der Waals surface area contributed by atoms with Crippen LogP contribution in [0.5, 0.6) is 5.75 Å². The van der Waals surface area contributed by atoms with Crippen LogP contribution >= 0.6 is 0 Å². The van der Waals surface area contributed by atoms with Crippen LogP contribution in [-0.4, -0.2) is 27.1 Å². The monoisotopic (exact) mass is 272 g/mol. The first-order valence-corrected chi connectivity index (χ1v) is 5.96. The van der Waals surface area contributed by atoms with Crippen LogP contribution in [0, 0.1) is 6.92 Å². The third-order valence-corrected chi connectivity index (χ3v) is 3.09. The molecule has 0 atom stereocenters. The molecular formula is C13H12N4O3. The van der Waals surface area contributed by atoms with Crippen LogP contribution in [0.2, 0.25) is 0 Å². The van der Waals surface area contributed by atoms with Gasteiger partial charge in [-0.1, -0.05) is 12.1 Å². The van der Waals surface area contributed by atoms with E-state index in [2.05, 4.69) is 15.3 Å². The van der Waals surface area contributed by atoms with Crippen molar-refractivity contribution in [3.05, 3.63) is 50.5 Å². The first kappa shape index (κ1) is 12.2. The zero-order chi connectivity index (χ0) is 14.3. The average molecular weight is 272 g/mol. The first-order chi connectivity index (χ1) is 9.61. The van der Waals surface area contributed by atoms with Crippen molar-refractivity contribution >= 4 is 11.0 Å². The van der Waals surface area contributed by atoms with E-state index in [0.717, 1.165) is 5.56 Å². The number of hydrogen-bond donors (Lipinski definition) is 2. The highest BCUT2D eigenvalue weighted by Gasteiger charge is 2.14. The predicted octanol–water partition coefficient (Wildman–Crippen LogP) is 0.719. The smallest absolute Gasteiger partial charge is 0.292 e. The summed E-state index contributed by atoms with van der Waals surface area (Å²) in [6, 6.07) is 6.73. The summed E-state index contributed by atoms with van der Waals surface area (Å²) >= 11 is 0. The van der Waals surface area contributed by atoms with Crippen molar-refractivity contribution in [2.24, 2.45) is 0 Å². The van der Waals surface area contributed by atoms with Gasteiger partial charge in [-0.05, 0) is 18.6 Å². The number of nitrogens with zero attached hydrogens (tertiary/aromatic N) is 2. The van der Waals surface area contributed by atoms with E-state index < -0.39 is 0 Å². The number of aromatic amines is 2. The number of nitrogens with one attached hydrogen (secondary N) is 2. The van der Waals surface area contributed by atoms with Gasteiger partial charge in [-0.15, -0.1) is 0 Å². The highest BCUT2D eigenvalue weighted by atomic mass is 16.5. The number of aryl methyl sites for hydroxylation is 1. The minimum atomic E-state index is -0.374. The van der Waals surface area contributed by atoms with Gasteiger partial charge in [0.1, 0.15) is 11.4 Å². The normalized spacial score (nSPS) is 10.9. The second-order valence-electron chi connectivity index (χ2n) is 4.36. The molecule has 0 spiro atoms. The van der Waals surface area contributed by atoms with Gasteiger partial charge in [0.05, 0.1) is 12.6 Å². The van der Waals surface area contributed by atoms with Gasteiger partial charge in [-0.3, -0.25) is 19.8 Å². The van der Waals surface area contributed by atoms with Crippen LogP contribution < -0.4 is 15.9 Å². The number of para-hydroxylation sites is 1. The molecule has 7 heteroatoms. The Morgan fingerprint density at radius 1 is 1.25 bits per heavy atom. The van der Waals surface area contributed by atoms with Crippen molar-refractivity contribution < 1.29 is 4.74 Å². The van der Waals surface area contributed by atoms with Gasteiger partial charge >= 0.3 is 0 Å². The highest BCUT2D eigenvalue weighted by Crippen LogP contribution is 2.24. The van der Waals surface area contributed by atoms with Crippen LogP contribution in [0.3, 0.4) is 0 Å². The fourth-order valence-corrected chi connectivity index (χ4v) is 2.13. The van der Waals surface area contributed by atoms with E-state index in [9.17, 15) is 9.59 Å². The lowest BCUT2D eigenvalue weighted by atomic mass is 10.2. The fraction of sp³-hybridized carbons (Fsp3) is 0.154. The number of ether oxygens (including phenoxy) is 1. The first-order valence-electron chi connectivity index (χ1n) is 5.96. The van der Waals surface area contributed by atoms with Gasteiger partial charge in [-0.2, -0.15) is 9.78 Å². The molecule has 2 N–H and O–H groups in total. The molecule has 2 aromatic heterocycles. The lowest BCUT2D eigenvalue weighted by Gasteiger charge is -2.12. The molecule has 7 nitrogen and oxygen atoms in total. The maximum Gasteiger partial charge on any atom is 0.292 e. The molecule has 2 heterocycles. The van der Waals surface area contributed by atoms with Gasteiger partial charge < -0.3 is 4.74 Å². The summed E-state index contributed by atoms with van der Waals surface area (Å²) in [5, 5.41) is 9.13. The molecule has 0 saturated carbocycles. The Labute approximate surface area is 112 Å². The molecule has 1 aromatic carbocycles. The zero-order valence-corrected chi connectivity index (χ0v) is 10.9. The number of aromatic nitrogens is 4. The number of benzene rings is 1. The molecule has 0 amide bonds. The van der Waals surface area contributed by atoms with Crippen molar-refractivity contribution in [2.45, 2.75) is 6.92 Å². The Morgan fingerprint density at radius 3 is 2.80 bits per heavy atom. The summed E-state index contributed by atoms with van der Waals surface area (Å²) in [5.41, 5.74) is 1.19. The lowest BCUT2D eigenvalue weighted by molar-refractivity contribution is 0.411. The van der Waals surface area contributed by atoms with E-state index in [-0.39, 0.29) is 16.6 Å². The molecule has 102 valence electrons. The topological polar surface area (TPSA) is 92.8 Å². The molecule has 0 radical (unpaired) electrons. The lowest BCUT2D eigenvalue weighted by Crippen LogP contribution is -2.22. The van der Waals surface area contributed by atoms with Crippen LogP contribution in [0.4, 0.5) is 0 Å². The van der Waals surface area contributed by atoms with Gasteiger partial charge in [0, 0.05) is 6.07 Å². The number of fused-ring (bicyclic) bond motifs is 1. The molecule has 0 aliphatic heterocycles. The van der Waals surface area contributed by atoms with Gasteiger partial charge in [0.25, 0.3) is 11.1 Å². The quantitative estimate of drug-likeness (QED) is 0.719. The van der Waals surface area contributed by atoms with Crippen molar-refractivity contribution in [1.29, 1.82) is 0 Å². The van der Waals surface area contributed by atoms with E-state index in [1.165, 1.54) is 17.9 Å². The van der Waals surface area contributed by atoms with Crippen molar-refractivity contribution in [3.63, 3.8) is 0 Å². The summed E-state index contributed by atoms with van der Waals surface area (Å²) in [6.07, 6.45) is 0.